The van der Waals surface area contributed by atoms with Crippen LogP contribution in [-0.2, 0) is 41.0 Å². The van der Waals surface area contributed by atoms with Crippen LogP contribution in [-0.4, -0.2) is 50.8 Å². The van der Waals surface area contributed by atoms with Gasteiger partial charge in [-0.1, -0.05) is 12.1 Å². The number of aromatic nitrogens is 4. The van der Waals surface area contributed by atoms with Gasteiger partial charge in [0.15, 0.2) is 22.7 Å². The van der Waals surface area contributed by atoms with Crippen LogP contribution in [0.3, 0.4) is 0 Å². The van der Waals surface area contributed by atoms with Crippen LogP contribution in [0.25, 0.3) is 11.2 Å². The van der Waals surface area contributed by atoms with Gasteiger partial charge in [0.25, 0.3) is 11.5 Å². The first kappa shape index (κ1) is 26.5. The van der Waals surface area contributed by atoms with Crippen molar-refractivity contribution >= 4 is 24.7 Å². The fourth-order valence-electron chi connectivity index (χ4n) is 3.28. The van der Waals surface area contributed by atoms with Gasteiger partial charge in [0, 0.05) is 6.54 Å². The molecule has 198 valence electrons. The molecule has 0 spiro atoms. The predicted octanol–water partition coefficient (Wildman–Crippen LogP) is 2.27. The zero-order valence-corrected chi connectivity index (χ0v) is 20.7. The summed E-state index contributed by atoms with van der Waals surface area (Å²) < 4.78 is 55.9. The lowest BCUT2D eigenvalue weighted by atomic mass is 10.1. The van der Waals surface area contributed by atoms with Crippen molar-refractivity contribution < 1.29 is 37.3 Å². The van der Waals surface area contributed by atoms with Crippen LogP contribution in [0.5, 0.6) is 0 Å². The maximum atomic E-state index is 13.9. The van der Waals surface area contributed by atoms with Crippen molar-refractivity contribution in [2.75, 3.05) is 31.9 Å². The van der Waals surface area contributed by atoms with Crippen molar-refractivity contribution in [3.8, 4) is 0 Å². The fourth-order valence-corrected chi connectivity index (χ4v) is 4.52. The number of aliphatic hydroxyl groups is 1. The Labute approximate surface area is 209 Å². The number of fused-ring (bicyclic) bond motifs is 1. The van der Waals surface area contributed by atoms with E-state index in [-0.39, 0.29) is 60.9 Å². The van der Waals surface area contributed by atoms with E-state index in [0.717, 1.165) is 0 Å². The van der Waals surface area contributed by atoms with Crippen LogP contribution >= 0.6 is 7.60 Å². The Balaban J connectivity index is 1.42. The number of hydrogen-bond acceptors (Lipinski definition) is 11. The summed E-state index contributed by atoms with van der Waals surface area (Å²) in [4.78, 5) is 22.4. The van der Waals surface area contributed by atoms with E-state index in [1.165, 1.54) is 12.4 Å². The molecule has 1 aliphatic rings. The molecule has 0 saturated heterocycles. The molecule has 0 aliphatic carbocycles. The van der Waals surface area contributed by atoms with Crippen molar-refractivity contribution in [2.45, 2.75) is 20.1 Å². The summed E-state index contributed by atoms with van der Waals surface area (Å²) in [5, 5.41) is 9.40. The Kier molecular flexibility index (Phi) is 8.05. The number of aliphatic hydroxyl groups excluding tert-OH is 1. The van der Waals surface area contributed by atoms with Gasteiger partial charge in [-0.05, 0) is 30.7 Å². The van der Waals surface area contributed by atoms with E-state index >= 15 is 0 Å². The topological polar surface area (TPSA) is 173 Å². The molecule has 4 N–H and O–H groups in total. The first-order valence-electron chi connectivity index (χ1n) is 11.0. The first-order chi connectivity index (χ1) is 17.7. The van der Waals surface area contributed by atoms with Gasteiger partial charge in [0.2, 0.25) is 5.95 Å². The summed E-state index contributed by atoms with van der Waals surface area (Å²) in [6.07, 6.45) is 0.940. The summed E-state index contributed by atoms with van der Waals surface area (Å²) in [5.74, 6) is -0.411. The molecule has 1 aliphatic heterocycles. The molecule has 15 heteroatoms. The summed E-state index contributed by atoms with van der Waals surface area (Å²) in [6, 6.07) is 4.49. The molecule has 0 radical (unpaired) electrons. The SMILES string of the molecule is C=C1OC(CO)=C(COP(=O)(COCCn2cnc3c(=O)[nH]c(N)nc32)OCc2ccc(C)c(F)c2)O1. The third-order valence-corrected chi connectivity index (χ3v) is 6.75. The lowest BCUT2D eigenvalue weighted by Gasteiger charge is -2.19. The van der Waals surface area contributed by atoms with Crippen LogP contribution in [0.2, 0.25) is 0 Å². The molecular weight excluding hydrogens is 512 g/mol. The number of rotatable bonds is 12. The van der Waals surface area contributed by atoms with Gasteiger partial charge < -0.3 is 34.1 Å². The van der Waals surface area contributed by atoms with E-state index in [0.29, 0.717) is 11.1 Å². The molecule has 0 fully saturated rings. The molecule has 3 heterocycles. The molecule has 3 aromatic rings. The number of imidazole rings is 1. The summed E-state index contributed by atoms with van der Waals surface area (Å²) in [5.41, 5.74) is 6.41. The zero-order chi connectivity index (χ0) is 26.6. The minimum Gasteiger partial charge on any atom is -0.425 e. The lowest BCUT2D eigenvalue weighted by molar-refractivity contribution is 0.114. The highest BCUT2D eigenvalue weighted by molar-refractivity contribution is 7.53. The number of nitrogens with two attached hydrogens (primary N) is 1. The minimum absolute atomic E-state index is 0.0245. The Morgan fingerprint density at radius 1 is 1.27 bits per heavy atom. The molecule has 37 heavy (non-hydrogen) atoms. The number of anilines is 1. The smallest absolute Gasteiger partial charge is 0.356 e. The number of nitrogen functional groups attached to an aromatic ring is 1. The van der Waals surface area contributed by atoms with E-state index < -0.39 is 31.9 Å². The highest BCUT2D eigenvalue weighted by Gasteiger charge is 2.30. The van der Waals surface area contributed by atoms with E-state index in [2.05, 4.69) is 21.5 Å². The van der Waals surface area contributed by atoms with Gasteiger partial charge in [-0.15, -0.1) is 0 Å². The molecule has 0 saturated carbocycles. The predicted molar refractivity (Wildman–Crippen MR) is 128 cm³/mol. The number of aromatic amines is 1. The van der Waals surface area contributed by atoms with Crippen molar-refractivity contribution in [1.29, 1.82) is 0 Å². The average Bonchev–Trinajstić information content (AvgIpc) is 3.44. The van der Waals surface area contributed by atoms with E-state index in [4.69, 9.17) is 29.0 Å². The van der Waals surface area contributed by atoms with Crippen LogP contribution in [0, 0.1) is 12.7 Å². The first-order valence-corrected chi connectivity index (χ1v) is 12.7. The van der Waals surface area contributed by atoms with Crippen LogP contribution in [0.1, 0.15) is 11.1 Å². The molecule has 2 aromatic heterocycles. The van der Waals surface area contributed by atoms with Gasteiger partial charge in [-0.25, -0.2) is 9.37 Å². The van der Waals surface area contributed by atoms with Crippen molar-refractivity contribution in [3.63, 3.8) is 0 Å². The summed E-state index contributed by atoms with van der Waals surface area (Å²) in [6.45, 7) is 4.28. The average molecular weight is 537 g/mol. The van der Waals surface area contributed by atoms with Crippen LogP contribution in [0.15, 0.2) is 53.4 Å². The number of ether oxygens (including phenoxy) is 3. The Morgan fingerprint density at radius 2 is 2.03 bits per heavy atom. The highest BCUT2D eigenvalue weighted by atomic mass is 31.2. The second kappa shape index (κ2) is 11.2. The quantitative estimate of drug-likeness (QED) is 0.228. The standard InChI is InChI=1S/C22H25FN5O8P/c1-13-3-4-15(7-16(13)23)9-33-37(31,34-10-18-17(8-29)35-14(2)36-18)12-32-6-5-28-11-25-19-20(28)26-22(24)27-21(19)30/h3-4,7,11,29H,2,5-6,8-10,12H2,1H3,(H3,24,26,27,30). The molecule has 0 amide bonds. The molecule has 13 nitrogen and oxygen atoms in total. The number of halogens is 1. The molecule has 4 rings (SSSR count). The van der Waals surface area contributed by atoms with Gasteiger partial charge in [-0.3, -0.25) is 18.9 Å². The van der Waals surface area contributed by atoms with Crippen LogP contribution < -0.4 is 11.3 Å². The summed E-state index contributed by atoms with van der Waals surface area (Å²) in [7, 11) is -3.93. The Bertz CT molecular complexity index is 1450. The second-order valence-electron chi connectivity index (χ2n) is 7.92. The number of nitrogens with one attached hydrogen (secondary N) is 1. The molecule has 0 bridgehead atoms. The van der Waals surface area contributed by atoms with E-state index in [1.54, 1.807) is 23.6 Å². The second-order valence-corrected chi connectivity index (χ2v) is 9.92. The number of hydrogen-bond donors (Lipinski definition) is 3. The van der Waals surface area contributed by atoms with E-state index in [9.17, 15) is 18.9 Å². The van der Waals surface area contributed by atoms with Gasteiger partial charge in [0.1, 0.15) is 25.4 Å². The number of benzene rings is 1. The van der Waals surface area contributed by atoms with Crippen LogP contribution in [0.4, 0.5) is 10.3 Å². The van der Waals surface area contributed by atoms with Crippen molar-refractivity contribution in [2.24, 2.45) is 0 Å². The van der Waals surface area contributed by atoms with Gasteiger partial charge in [-0.2, -0.15) is 4.98 Å². The lowest BCUT2D eigenvalue weighted by Crippen LogP contribution is -2.13. The van der Waals surface area contributed by atoms with E-state index in [1.807, 2.05) is 0 Å². The molecule has 1 aromatic carbocycles. The largest absolute Gasteiger partial charge is 0.425 e. The third-order valence-electron chi connectivity index (χ3n) is 5.20. The minimum atomic E-state index is -3.93. The van der Waals surface area contributed by atoms with Gasteiger partial charge >= 0.3 is 7.60 Å². The normalized spacial score (nSPS) is 15.2. The van der Waals surface area contributed by atoms with Gasteiger partial charge in [0.05, 0.1) is 19.5 Å². The third kappa shape index (κ3) is 6.42. The zero-order valence-electron chi connectivity index (χ0n) is 19.8. The fraction of sp³-hybridized carbons (Fsp3) is 0.318. The highest BCUT2D eigenvalue weighted by Crippen LogP contribution is 2.49. The maximum Gasteiger partial charge on any atom is 0.356 e. The summed E-state index contributed by atoms with van der Waals surface area (Å²) >= 11 is 0. The maximum absolute atomic E-state index is 13.9. The molecule has 1 atom stereocenters. The number of nitrogens with zero attached hydrogens (tertiary/aromatic N) is 3. The molecular formula is C22H25FN5O8P. The Morgan fingerprint density at radius 3 is 2.78 bits per heavy atom. The number of aryl methyl sites for hydroxylation is 1. The Hall–Kier alpha value is -3.55. The molecule has 1 unspecified atom stereocenters. The monoisotopic (exact) mass is 537 g/mol. The van der Waals surface area contributed by atoms with Crippen molar-refractivity contribution in [3.05, 3.63) is 75.9 Å². The van der Waals surface area contributed by atoms with Crippen molar-refractivity contribution in [1.82, 2.24) is 19.5 Å². The number of H-pyrrole nitrogens is 1.